The number of amides is 1. The van der Waals surface area contributed by atoms with Crippen LogP contribution in [0.2, 0.25) is 0 Å². The first kappa shape index (κ1) is 19.8. The van der Waals surface area contributed by atoms with E-state index in [0.717, 1.165) is 26.1 Å². The van der Waals surface area contributed by atoms with E-state index in [1.54, 1.807) is 4.68 Å². The number of benzene rings is 1. The van der Waals surface area contributed by atoms with E-state index in [2.05, 4.69) is 50.0 Å². The third-order valence-electron chi connectivity index (χ3n) is 4.60. The highest BCUT2D eigenvalue weighted by molar-refractivity contribution is 8.00. The van der Waals surface area contributed by atoms with Crippen LogP contribution >= 0.6 is 11.8 Å². The number of likely N-dealkylation sites (tertiary alicyclic amines) is 1. The molecule has 2 heterocycles. The topological polar surface area (TPSA) is 75.9 Å². The maximum absolute atomic E-state index is 12.6. The van der Waals surface area contributed by atoms with Gasteiger partial charge in [-0.05, 0) is 50.1 Å². The van der Waals surface area contributed by atoms with E-state index >= 15 is 0 Å². The Morgan fingerprint density at radius 3 is 2.78 bits per heavy atom. The summed E-state index contributed by atoms with van der Waals surface area (Å²) in [7, 11) is 0. The maximum atomic E-state index is 12.6. The van der Waals surface area contributed by atoms with E-state index in [9.17, 15) is 4.79 Å². The van der Waals surface area contributed by atoms with E-state index in [4.69, 9.17) is 0 Å². The van der Waals surface area contributed by atoms with Crippen molar-refractivity contribution in [2.24, 2.45) is 0 Å². The van der Waals surface area contributed by atoms with Crippen LogP contribution in [0.25, 0.3) is 0 Å². The molecular weight excluding hydrogens is 360 g/mol. The molecule has 27 heavy (non-hydrogen) atoms. The Morgan fingerprint density at radius 1 is 1.33 bits per heavy atom. The summed E-state index contributed by atoms with van der Waals surface area (Å²) in [4.78, 5) is 15.0. The quantitative estimate of drug-likeness (QED) is 0.766. The molecule has 2 aromatic rings. The number of rotatable bonds is 6. The van der Waals surface area contributed by atoms with E-state index in [1.165, 1.54) is 17.3 Å². The van der Waals surface area contributed by atoms with Crippen LogP contribution in [0, 0.1) is 0 Å². The Bertz CT molecular complexity index is 757. The molecule has 2 atom stereocenters. The summed E-state index contributed by atoms with van der Waals surface area (Å²) >= 11 is 1.40. The van der Waals surface area contributed by atoms with Gasteiger partial charge >= 0.3 is 0 Å². The second-order valence-electron chi connectivity index (χ2n) is 8.02. The average molecular weight is 389 g/mol. The lowest BCUT2D eigenvalue weighted by atomic mass is 10.1. The smallest absolute Gasteiger partial charge is 0.233 e. The fourth-order valence-corrected chi connectivity index (χ4v) is 4.12. The van der Waals surface area contributed by atoms with E-state index in [-0.39, 0.29) is 22.7 Å². The van der Waals surface area contributed by atoms with Crippen molar-refractivity contribution in [1.82, 2.24) is 30.4 Å². The van der Waals surface area contributed by atoms with Gasteiger partial charge in [0.05, 0.1) is 10.8 Å². The van der Waals surface area contributed by atoms with Gasteiger partial charge in [-0.2, -0.15) is 0 Å². The highest BCUT2D eigenvalue weighted by Crippen LogP contribution is 2.25. The highest BCUT2D eigenvalue weighted by Gasteiger charge is 2.28. The minimum absolute atomic E-state index is 0.0371. The number of thioether (sulfide) groups is 1. The second-order valence-corrected chi connectivity index (χ2v) is 9.33. The Balaban J connectivity index is 1.50. The standard InChI is InChI=1S/C19H28N6OS/c1-14(27-18-21-22-23-25(18)19(2,3)4)17(26)20-16-10-11-24(13-16)12-15-8-6-5-7-9-15/h5-9,14,16H,10-13H2,1-4H3,(H,20,26). The van der Waals surface area contributed by atoms with Crippen molar-refractivity contribution in [3.8, 4) is 0 Å². The van der Waals surface area contributed by atoms with Crippen LogP contribution in [-0.2, 0) is 16.9 Å². The van der Waals surface area contributed by atoms with Crippen LogP contribution in [0.1, 0.15) is 39.7 Å². The van der Waals surface area contributed by atoms with E-state index < -0.39 is 0 Å². The molecular formula is C19H28N6OS. The van der Waals surface area contributed by atoms with Crippen molar-refractivity contribution in [1.29, 1.82) is 0 Å². The van der Waals surface area contributed by atoms with E-state index in [1.807, 2.05) is 33.8 Å². The monoisotopic (exact) mass is 388 g/mol. The average Bonchev–Trinajstić information content (AvgIpc) is 3.25. The minimum atomic E-state index is -0.250. The summed E-state index contributed by atoms with van der Waals surface area (Å²) in [5, 5.41) is 15.5. The molecule has 0 saturated carbocycles. The van der Waals surface area contributed by atoms with Gasteiger partial charge in [-0.3, -0.25) is 9.69 Å². The first-order chi connectivity index (χ1) is 12.8. The van der Waals surface area contributed by atoms with Crippen LogP contribution in [0.4, 0.5) is 0 Å². The number of nitrogens with one attached hydrogen (secondary N) is 1. The van der Waals surface area contributed by atoms with Gasteiger partial charge in [-0.15, -0.1) is 5.10 Å². The zero-order chi connectivity index (χ0) is 19.4. The van der Waals surface area contributed by atoms with Crippen molar-refractivity contribution >= 4 is 17.7 Å². The Kier molecular flexibility index (Phi) is 6.16. The van der Waals surface area contributed by atoms with Crippen molar-refractivity contribution in [3.05, 3.63) is 35.9 Å². The molecule has 0 radical (unpaired) electrons. The molecule has 0 spiro atoms. The molecule has 7 nitrogen and oxygen atoms in total. The van der Waals surface area contributed by atoms with Gasteiger partial charge < -0.3 is 5.32 Å². The first-order valence-electron chi connectivity index (χ1n) is 9.35. The molecule has 8 heteroatoms. The minimum Gasteiger partial charge on any atom is -0.351 e. The number of hydrogen-bond acceptors (Lipinski definition) is 6. The fourth-order valence-electron chi connectivity index (χ4n) is 3.14. The fraction of sp³-hybridized carbons (Fsp3) is 0.579. The Morgan fingerprint density at radius 2 is 2.07 bits per heavy atom. The Hall–Kier alpha value is -1.93. The lowest BCUT2D eigenvalue weighted by Gasteiger charge is -2.21. The van der Waals surface area contributed by atoms with E-state index in [0.29, 0.717) is 5.16 Å². The molecule has 1 aromatic carbocycles. The molecule has 1 aromatic heterocycles. The molecule has 0 aliphatic carbocycles. The van der Waals surface area contributed by atoms with Crippen molar-refractivity contribution in [2.75, 3.05) is 13.1 Å². The van der Waals surface area contributed by atoms with Crippen LogP contribution in [-0.4, -0.2) is 55.4 Å². The maximum Gasteiger partial charge on any atom is 0.233 e. The van der Waals surface area contributed by atoms with Gasteiger partial charge in [-0.25, -0.2) is 4.68 Å². The van der Waals surface area contributed by atoms with Crippen LogP contribution < -0.4 is 5.32 Å². The molecule has 146 valence electrons. The number of nitrogens with zero attached hydrogens (tertiary/aromatic N) is 5. The van der Waals surface area contributed by atoms with Gasteiger partial charge in [0.1, 0.15) is 0 Å². The Labute approximate surface area is 164 Å². The lowest BCUT2D eigenvalue weighted by molar-refractivity contribution is -0.120. The van der Waals surface area contributed by atoms with Gasteiger partial charge in [0.2, 0.25) is 11.1 Å². The van der Waals surface area contributed by atoms with Crippen molar-refractivity contribution in [2.45, 2.75) is 62.6 Å². The van der Waals surface area contributed by atoms with Crippen molar-refractivity contribution in [3.63, 3.8) is 0 Å². The number of tetrazole rings is 1. The lowest BCUT2D eigenvalue weighted by Crippen LogP contribution is -2.41. The van der Waals surface area contributed by atoms with Crippen LogP contribution in [0.15, 0.2) is 35.5 Å². The SMILES string of the molecule is CC(Sc1nnnn1C(C)(C)C)C(=O)NC1CCN(Cc2ccccc2)C1. The predicted octanol–water partition coefficient (Wildman–Crippen LogP) is 2.30. The van der Waals surface area contributed by atoms with Gasteiger partial charge in [0.25, 0.3) is 0 Å². The molecule has 1 aliphatic heterocycles. The third kappa shape index (κ3) is 5.29. The summed E-state index contributed by atoms with van der Waals surface area (Å²) < 4.78 is 1.76. The van der Waals surface area contributed by atoms with Gasteiger partial charge in [0, 0.05) is 25.7 Å². The summed E-state index contributed by atoms with van der Waals surface area (Å²) in [6, 6.07) is 10.6. The van der Waals surface area contributed by atoms with Crippen LogP contribution in [0.3, 0.4) is 0 Å². The third-order valence-corrected chi connectivity index (χ3v) is 5.63. The molecule has 0 bridgehead atoms. The number of hydrogen-bond donors (Lipinski definition) is 1. The first-order valence-corrected chi connectivity index (χ1v) is 10.2. The summed E-state index contributed by atoms with van der Waals surface area (Å²) in [6.07, 6.45) is 0.982. The largest absolute Gasteiger partial charge is 0.351 e. The number of carbonyl (C=O) groups excluding carboxylic acids is 1. The zero-order valence-corrected chi connectivity index (χ0v) is 17.2. The molecule has 2 unspecified atom stereocenters. The molecule has 1 saturated heterocycles. The second kappa shape index (κ2) is 8.39. The molecule has 1 amide bonds. The number of carbonyl (C=O) groups is 1. The molecule has 1 N–H and O–H groups in total. The summed E-state index contributed by atoms with van der Waals surface area (Å²) in [5.41, 5.74) is 1.09. The summed E-state index contributed by atoms with van der Waals surface area (Å²) in [6.45, 7) is 10.8. The predicted molar refractivity (Wildman–Crippen MR) is 106 cm³/mol. The van der Waals surface area contributed by atoms with Crippen molar-refractivity contribution < 1.29 is 4.79 Å². The number of aromatic nitrogens is 4. The normalized spacial score (nSPS) is 19.2. The molecule has 1 fully saturated rings. The molecule has 1 aliphatic rings. The molecule has 3 rings (SSSR count). The highest BCUT2D eigenvalue weighted by atomic mass is 32.2. The van der Waals surface area contributed by atoms with Gasteiger partial charge in [0.15, 0.2) is 0 Å². The van der Waals surface area contributed by atoms with Crippen LogP contribution in [0.5, 0.6) is 0 Å². The zero-order valence-electron chi connectivity index (χ0n) is 16.4. The van der Waals surface area contributed by atoms with Gasteiger partial charge in [-0.1, -0.05) is 42.1 Å². The summed E-state index contributed by atoms with van der Waals surface area (Å²) in [5.74, 6) is 0.0371.